The van der Waals surface area contributed by atoms with Crippen LogP contribution >= 0.6 is 11.3 Å². The minimum absolute atomic E-state index is 0.00591. The fourth-order valence-corrected chi connectivity index (χ4v) is 6.79. The van der Waals surface area contributed by atoms with E-state index in [0.717, 1.165) is 27.6 Å². The largest absolute Gasteiger partial charge is 0.445 e. The number of aliphatic hydroxyl groups excluding tert-OH is 1. The summed E-state index contributed by atoms with van der Waals surface area (Å²) in [5.41, 5.74) is 4.66. The van der Waals surface area contributed by atoms with Gasteiger partial charge in [0, 0.05) is 43.1 Å². The van der Waals surface area contributed by atoms with Gasteiger partial charge in [0.05, 0.1) is 29.8 Å². The summed E-state index contributed by atoms with van der Waals surface area (Å²) in [6.45, 7) is 4.26. The Hall–Kier alpha value is -5.66. The van der Waals surface area contributed by atoms with E-state index in [-0.39, 0.29) is 37.7 Å². The van der Waals surface area contributed by atoms with Gasteiger partial charge in [-0.1, -0.05) is 92.7 Å². The molecule has 5 rings (SSSR count). The van der Waals surface area contributed by atoms with Gasteiger partial charge in [0.15, 0.2) is 0 Å². The quantitative estimate of drug-likeness (QED) is 0.0791. The highest BCUT2D eigenvalue weighted by atomic mass is 32.1. The minimum atomic E-state index is -1.20. The lowest BCUT2D eigenvalue weighted by Crippen LogP contribution is -2.57. The molecule has 5 aromatic rings. The second-order valence-electron chi connectivity index (χ2n) is 13.8. The zero-order chi connectivity index (χ0) is 39.0. The number of nitrogens with one attached hydrogen (secondary N) is 4. The Labute approximate surface area is 325 Å². The molecular formula is C42H48N6O6S. The van der Waals surface area contributed by atoms with E-state index in [9.17, 15) is 24.3 Å². The van der Waals surface area contributed by atoms with Gasteiger partial charge in [-0.25, -0.2) is 9.78 Å². The van der Waals surface area contributed by atoms with Crippen molar-refractivity contribution in [2.24, 2.45) is 5.92 Å². The van der Waals surface area contributed by atoms with Gasteiger partial charge >= 0.3 is 6.09 Å². The SMILES string of the molecule is CC(C)C[C@H](NC(=O)C(Cc1cscn1)NC(=O)[C@H](Cc1cccc2ccccc12)NC(=O)OCc1ccccc1)[C@@H](O)CC(=O)NCCc1ccccn1. The molecule has 0 spiro atoms. The molecular weight excluding hydrogens is 717 g/mol. The van der Waals surface area contributed by atoms with E-state index in [0.29, 0.717) is 25.1 Å². The van der Waals surface area contributed by atoms with Crippen molar-refractivity contribution >= 4 is 45.9 Å². The van der Waals surface area contributed by atoms with Gasteiger partial charge in [0.25, 0.3) is 0 Å². The number of hydrogen-bond acceptors (Lipinski definition) is 9. The summed E-state index contributed by atoms with van der Waals surface area (Å²) in [5.74, 6) is -1.46. The first-order chi connectivity index (χ1) is 26.6. The second-order valence-corrected chi connectivity index (χ2v) is 14.5. The highest BCUT2D eigenvalue weighted by molar-refractivity contribution is 7.07. The number of benzene rings is 3. The van der Waals surface area contributed by atoms with E-state index in [1.54, 1.807) is 17.1 Å². The van der Waals surface area contributed by atoms with Crippen LogP contribution in [0.2, 0.25) is 0 Å². The van der Waals surface area contributed by atoms with Crippen molar-refractivity contribution < 1.29 is 29.0 Å². The molecule has 0 aliphatic rings. The molecule has 0 fully saturated rings. The van der Waals surface area contributed by atoms with Crippen LogP contribution in [0.3, 0.4) is 0 Å². The maximum atomic E-state index is 14.2. The van der Waals surface area contributed by atoms with Crippen molar-refractivity contribution in [3.05, 3.63) is 131 Å². The molecule has 13 heteroatoms. The summed E-state index contributed by atoms with van der Waals surface area (Å²) < 4.78 is 5.48. The van der Waals surface area contributed by atoms with Crippen molar-refractivity contribution in [1.29, 1.82) is 0 Å². The zero-order valence-electron chi connectivity index (χ0n) is 31.0. The molecule has 12 nitrogen and oxygen atoms in total. The molecule has 0 bridgehead atoms. The molecule has 5 N–H and O–H groups in total. The Bertz CT molecular complexity index is 1970. The number of aliphatic hydroxyl groups is 1. The van der Waals surface area contributed by atoms with Gasteiger partial charge in [0.1, 0.15) is 18.7 Å². The minimum Gasteiger partial charge on any atom is -0.445 e. The first-order valence-electron chi connectivity index (χ1n) is 18.4. The highest BCUT2D eigenvalue weighted by Gasteiger charge is 2.32. The molecule has 2 heterocycles. The van der Waals surface area contributed by atoms with E-state index in [1.807, 2.05) is 105 Å². The van der Waals surface area contributed by atoms with Crippen molar-refractivity contribution in [3.8, 4) is 0 Å². The first-order valence-corrected chi connectivity index (χ1v) is 19.3. The Morgan fingerprint density at radius 1 is 0.782 bits per heavy atom. The van der Waals surface area contributed by atoms with Crippen LogP contribution in [-0.2, 0) is 45.0 Å². The molecule has 55 heavy (non-hydrogen) atoms. The number of fused-ring (bicyclic) bond motifs is 1. The van der Waals surface area contributed by atoms with Gasteiger partial charge in [-0.3, -0.25) is 19.4 Å². The van der Waals surface area contributed by atoms with Gasteiger partial charge < -0.3 is 31.1 Å². The van der Waals surface area contributed by atoms with Gasteiger partial charge in [-0.15, -0.1) is 11.3 Å². The molecule has 4 amide bonds. The Morgan fingerprint density at radius 3 is 2.25 bits per heavy atom. The molecule has 3 aromatic carbocycles. The Kier molecular flexibility index (Phi) is 15.3. The lowest BCUT2D eigenvalue weighted by molar-refractivity contribution is -0.131. The maximum Gasteiger partial charge on any atom is 0.408 e. The molecule has 0 aliphatic heterocycles. The highest BCUT2D eigenvalue weighted by Crippen LogP contribution is 2.20. The van der Waals surface area contributed by atoms with E-state index < -0.39 is 42.1 Å². The number of carbonyl (C=O) groups excluding carboxylic acids is 4. The number of rotatable bonds is 19. The first kappa shape index (κ1) is 40.5. The van der Waals surface area contributed by atoms with E-state index in [1.165, 1.54) is 11.3 Å². The van der Waals surface area contributed by atoms with Crippen molar-refractivity contribution in [2.45, 2.75) is 76.8 Å². The van der Waals surface area contributed by atoms with Crippen molar-refractivity contribution in [3.63, 3.8) is 0 Å². The molecule has 0 aliphatic carbocycles. The van der Waals surface area contributed by atoms with Crippen LogP contribution in [0.5, 0.6) is 0 Å². The number of thiazole rings is 1. The fraction of sp³-hybridized carbons (Fsp3) is 0.333. The molecule has 0 saturated carbocycles. The summed E-state index contributed by atoms with van der Waals surface area (Å²) in [7, 11) is 0. The third kappa shape index (κ3) is 13.0. The van der Waals surface area contributed by atoms with Crippen molar-refractivity contribution in [2.75, 3.05) is 6.54 Å². The smallest absolute Gasteiger partial charge is 0.408 e. The number of ether oxygens (including phenoxy) is 1. The number of amides is 4. The normalized spacial score (nSPS) is 13.3. The fourth-order valence-electron chi connectivity index (χ4n) is 6.22. The summed E-state index contributed by atoms with van der Waals surface area (Å²) in [5, 5.41) is 26.2. The van der Waals surface area contributed by atoms with Crippen LogP contribution in [0.25, 0.3) is 10.8 Å². The number of nitrogens with zero attached hydrogens (tertiary/aromatic N) is 2. The predicted octanol–water partition coefficient (Wildman–Crippen LogP) is 4.90. The van der Waals surface area contributed by atoms with Crippen LogP contribution in [0.15, 0.2) is 108 Å². The second kappa shape index (κ2) is 20.7. The average Bonchev–Trinajstić information content (AvgIpc) is 3.70. The van der Waals surface area contributed by atoms with Crippen LogP contribution in [0, 0.1) is 5.92 Å². The number of pyridine rings is 1. The predicted molar refractivity (Wildman–Crippen MR) is 212 cm³/mol. The lowest BCUT2D eigenvalue weighted by Gasteiger charge is -2.29. The van der Waals surface area contributed by atoms with Gasteiger partial charge in [0.2, 0.25) is 17.7 Å². The van der Waals surface area contributed by atoms with E-state index in [2.05, 4.69) is 31.2 Å². The molecule has 1 unspecified atom stereocenters. The molecule has 0 saturated heterocycles. The van der Waals surface area contributed by atoms with E-state index >= 15 is 0 Å². The van der Waals surface area contributed by atoms with Crippen LogP contribution in [0.1, 0.15) is 49.2 Å². The third-order valence-corrected chi connectivity index (χ3v) is 9.63. The van der Waals surface area contributed by atoms with Gasteiger partial charge in [-0.2, -0.15) is 0 Å². The standard InChI is InChI=1S/C42H48N6O6S/c1-28(2)21-35(38(49)24-39(50)44-20-18-32-16-8-9-19-43-32)46-41(52)37(23-33-26-55-27-45-33)47-40(51)36(48-42(53)54-25-29-11-4-3-5-12-29)22-31-15-10-14-30-13-6-7-17-34(30)31/h3-17,19,26-28,35-38,49H,18,20-25H2,1-2H3,(H,44,50)(H,46,52)(H,47,51)(H,48,53)/t35-,36-,37?,38-/m0/s1. The summed E-state index contributed by atoms with van der Waals surface area (Å²) in [6, 6.07) is 25.2. The number of hydrogen-bond donors (Lipinski definition) is 5. The topological polar surface area (TPSA) is 172 Å². The Morgan fingerprint density at radius 2 is 1.51 bits per heavy atom. The van der Waals surface area contributed by atoms with Crippen molar-refractivity contribution in [1.82, 2.24) is 31.2 Å². The summed E-state index contributed by atoms with van der Waals surface area (Å²) in [6.07, 6.45) is 0.554. The molecule has 2 aromatic heterocycles. The molecule has 0 radical (unpaired) electrons. The van der Waals surface area contributed by atoms with Gasteiger partial charge in [-0.05, 0) is 46.4 Å². The Balaban J connectivity index is 1.30. The zero-order valence-corrected chi connectivity index (χ0v) is 31.8. The van der Waals surface area contributed by atoms with Crippen LogP contribution < -0.4 is 21.3 Å². The van der Waals surface area contributed by atoms with E-state index in [4.69, 9.17) is 4.74 Å². The number of aromatic nitrogens is 2. The number of alkyl carbamates (subject to hydrolysis) is 1. The van der Waals surface area contributed by atoms with Crippen LogP contribution in [0.4, 0.5) is 4.79 Å². The molecule has 288 valence electrons. The summed E-state index contributed by atoms with van der Waals surface area (Å²) >= 11 is 1.35. The average molecular weight is 765 g/mol. The monoisotopic (exact) mass is 764 g/mol. The molecule has 4 atom stereocenters. The lowest BCUT2D eigenvalue weighted by atomic mass is 9.96. The third-order valence-electron chi connectivity index (χ3n) is 9.00. The maximum absolute atomic E-state index is 14.2. The van der Waals surface area contributed by atoms with Crippen LogP contribution in [-0.4, -0.2) is 69.7 Å². The number of carbonyl (C=O) groups is 4. The summed E-state index contributed by atoms with van der Waals surface area (Å²) in [4.78, 5) is 62.8.